The van der Waals surface area contributed by atoms with Gasteiger partial charge in [-0.15, -0.1) is 0 Å². The lowest BCUT2D eigenvalue weighted by molar-refractivity contribution is -0.138. The SMILES string of the molecule is CC1CCCN1S(=O)(=O)N[C@H](Cc1ccccc1)C(=O)O. The Morgan fingerprint density at radius 3 is 2.62 bits per heavy atom. The van der Waals surface area contributed by atoms with Crippen molar-refractivity contribution in [3.8, 4) is 0 Å². The van der Waals surface area contributed by atoms with Gasteiger partial charge in [-0.1, -0.05) is 30.3 Å². The number of aliphatic carboxylic acids is 1. The monoisotopic (exact) mass is 312 g/mol. The minimum Gasteiger partial charge on any atom is -0.480 e. The number of hydrogen-bond donors (Lipinski definition) is 2. The number of benzene rings is 1. The molecule has 2 atom stereocenters. The van der Waals surface area contributed by atoms with Crippen molar-refractivity contribution >= 4 is 16.2 Å². The fourth-order valence-electron chi connectivity index (χ4n) is 2.54. The number of carboxylic acids is 1. The summed E-state index contributed by atoms with van der Waals surface area (Å²) in [5, 5.41) is 9.26. The molecule has 1 saturated heterocycles. The standard InChI is InChI=1S/C14H20N2O4S/c1-11-6-5-9-16(11)21(19,20)15-13(14(17)18)10-12-7-3-2-4-8-12/h2-4,7-8,11,13,15H,5-6,9-10H2,1H3,(H,17,18)/t11?,13-/m1/s1. The van der Waals surface area contributed by atoms with Crippen molar-refractivity contribution in [2.24, 2.45) is 0 Å². The highest BCUT2D eigenvalue weighted by atomic mass is 32.2. The first-order valence-electron chi connectivity index (χ1n) is 6.96. The Bertz CT molecular complexity index is 588. The third kappa shape index (κ3) is 4.03. The summed E-state index contributed by atoms with van der Waals surface area (Å²) in [5.41, 5.74) is 0.780. The van der Waals surface area contributed by atoms with Gasteiger partial charge in [-0.05, 0) is 31.7 Å². The number of nitrogens with one attached hydrogen (secondary N) is 1. The molecule has 116 valence electrons. The molecular formula is C14H20N2O4S. The van der Waals surface area contributed by atoms with E-state index >= 15 is 0 Å². The van der Waals surface area contributed by atoms with Crippen LogP contribution >= 0.6 is 0 Å². The van der Waals surface area contributed by atoms with Gasteiger partial charge in [0.15, 0.2) is 0 Å². The summed E-state index contributed by atoms with van der Waals surface area (Å²) in [4.78, 5) is 11.3. The lowest BCUT2D eigenvalue weighted by atomic mass is 10.1. The average molecular weight is 312 g/mol. The van der Waals surface area contributed by atoms with Gasteiger partial charge in [0.1, 0.15) is 6.04 Å². The predicted molar refractivity (Wildman–Crippen MR) is 79.0 cm³/mol. The summed E-state index contributed by atoms with van der Waals surface area (Å²) in [7, 11) is -3.77. The summed E-state index contributed by atoms with van der Waals surface area (Å²) in [6, 6.07) is 7.73. The van der Waals surface area contributed by atoms with E-state index in [9.17, 15) is 18.3 Å². The fraction of sp³-hybridized carbons (Fsp3) is 0.500. The zero-order chi connectivity index (χ0) is 15.5. The van der Waals surface area contributed by atoms with E-state index in [0.717, 1.165) is 18.4 Å². The van der Waals surface area contributed by atoms with Crippen LogP contribution in [0.2, 0.25) is 0 Å². The first-order chi connectivity index (χ1) is 9.90. The maximum atomic E-state index is 12.3. The van der Waals surface area contributed by atoms with Crippen LogP contribution < -0.4 is 4.72 Å². The molecular weight excluding hydrogens is 292 g/mol. The van der Waals surface area contributed by atoms with Crippen molar-refractivity contribution in [1.82, 2.24) is 9.03 Å². The van der Waals surface area contributed by atoms with Gasteiger partial charge in [-0.25, -0.2) is 0 Å². The van der Waals surface area contributed by atoms with E-state index in [1.54, 1.807) is 24.3 Å². The fourth-order valence-corrected chi connectivity index (χ4v) is 4.17. The normalized spacial score (nSPS) is 21.3. The summed E-state index contributed by atoms with van der Waals surface area (Å²) in [5.74, 6) is -1.17. The lowest BCUT2D eigenvalue weighted by Crippen LogP contribution is -2.50. The van der Waals surface area contributed by atoms with E-state index in [0.29, 0.717) is 6.54 Å². The zero-order valence-electron chi connectivity index (χ0n) is 11.9. The Balaban J connectivity index is 2.11. The van der Waals surface area contributed by atoms with Gasteiger partial charge in [0.25, 0.3) is 10.2 Å². The molecule has 1 fully saturated rings. The first kappa shape index (κ1) is 15.9. The molecule has 0 spiro atoms. The molecule has 6 nitrogen and oxygen atoms in total. The van der Waals surface area contributed by atoms with Gasteiger partial charge in [-0.3, -0.25) is 4.79 Å². The van der Waals surface area contributed by atoms with Crippen molar-refractivity contribution in [1.29, 1.82) is 0 Å². The second-order valence-electron chi connectivity index (χ2n) is 5.31. The molecule has 2 rings (SSSR count). The molecule has 1 aliphatic rings. The van der Waals surface area contributed by atoms with Crippen molar-refractivity contribution in [3.63, 3.8) is 0 Å². The van der Waals surface area contributed by atoms with Gasteiger partial charge in [-0.2, -0.15) is 17.4 Å². The van der Waals surface area contributed by atoms with Gasteiger partial charge in [0, 0.05) is 12.6 Å². The van der Waals surface area contributed by atoms with Crippen molar-refractivity contribution in [3.05, 3.63) is 35.9 Å². The number of carbonyl (C=O) groups is 1. The highest BCUT2D eigenvalue weighted by molar-refractivity contribution is 7.87. The lowest BCUT2D eigenvalue weighted by Gasteiger charge is -2.24. The molecule has 0 radical (unpaired) electrons. The molecule has 0 saturated carbocycles. The Kier molecular flexibility index (Phi) is 4.97. The van der Waals surface area contributed by atoms with Crippen LogP contribution in [0.1, 0.15) is 25.3 Å². The van der Waals surface area contributed by atoms with Crippen LogP contribution in [0.5, 0.6) is 0 Å². The Morgan fingerprint density at radius 2 is 2.10 bits per heavy atom. The smallest absolute Gasteiger partial charge is 0.322 e. The van der Waals surface area contributed by atoms with E-state index in [1.165, 1.54) is 4.31 Å². The number of carboxylic acid groups (broad SMARTS) is 1. The van der Waals surface area contributed by atoms with Gasteiger partial charge in [0.05, 0.1) is 0 Å². The van der Waals surface area contributed by atoms with Crippen molar-refractivity contribution in [2.75, 3.05) is 6.54 Å². The summed E-state index contributed by atoms with van der Waals surface area (Å²) >= 11 is 0. The van der Waals surface area contributed by atoms with Gasteiger partial charge >= 0.3 is 5.97 Å². The molecule has 0 aromatic heterocycles. The summed E-state index contributed by atoms with van der Waals surface area (Å²) < 4.78 is 28.3. The predicted octanol–water partition coefficient (Wildman–Crippen LogP) is 1.00. The van der Waals surface area contributed by atoms with Crippen LogP contribution in [0.25, 0.3) is 0 Å². The highest BCUT2D eigenvalue weighted by Gasteiger charge is 2.34. The molecule has 7 heteroatoms. The van der Waals surface area contributed by atoms with Gasteiger partial charge in [0.2, 0.25) is 0 Å². The molecule has 0 amide bonds. The van der Waals surface area contributed by atoms with Crippen LogP contribution in [0.3, 0.4) is 0 Å². The molecule has 1 aromatic rings. The van der Waals surface area contributed by atoms with Crippen LogP contribution in [0.4, 0.5) is 0 Å². The van der Waals surface area contributed by atoms with Gasteiger partial charge < -0.3 is 5.11 Å². The third-order valence-electron chi connectivity index (χ3n) is 3.67. The van der Waals surface area contributed by atoms with Crippen molar-refractivity contribution < 1.29 is 18.3 Å². The summed E-state index contributed by atoms with van der Waals surface area (Å²) in [6.07, 6.45) is 1.73. The van der Waals surface area contributed by atoms with E-state index in [-0.39, 0.29) is 12.5 Å². The Morgan fingerprint density at radius 1 is 1.43 bits per heavy atom. The first-order valence-corrected chi connectivity index (χ1v) is 8.40. The Hall–Kier alpha value is -1.44. The molecule has 1 heterocycles. The van der Waals surface area contributed by atoms with E-state index in [4.69, 9.17) is 0 Å². The number of hydrogen-bond acceptors (Lipinski definition) is 3. The molecule has 0 bridgehead atoms. The van der Waals surface area contributed by atoms with Crippen molar-refractivity contribution in [2.45, 2.75) is 38.3 Å². The average Bonchev–Trinajstić information content (AvgIpc) is 2.86. The van der Waals surface area contributed by atoms with Crippen LogP contribution in [0, 0.1) is 0 Å². The largest absolute Gasteiger partial charge is 0.480 e. The van der Waals surface area contributed by atoms with Crippen LogP contribution in [-0.2, 0) is 21.4 Å². The molecule has 1 aliphatic heterocycles. The topological polar surface area (TPSA) is 86.7 Å². The minimum absolute atomic E-state index is 0.0892. The third-order valence-corrected chi connectivity index (χ3v) is 5.41. The second-order valence-corrected chi connectivity index (χ2v) is 6.96. The number of rotatable bonds is 6. The molecule has 0 aliphatic carbocycles. The van der Waals surface area contributed by atoms with E-state index in [1.807, 2.05) is 13.0 Å². The quantitative estimate of drug-likeness (QED) is 0.820. The molecule has 2 N–H and O–H groups in total. The maximum absolute atomic E-state index is 12.3. The zero-order valence-corrected chi connectivity index (χ0v) is 12.7. The van der Waals surface area contributed by atoms with Crippen LogP contribution in [0.15, 0.2) is 30.3 Å². The van der Waals surface area contributed by atoms with Crippen LogP contribution in [-0.4, -0.2) is 42.4 Å². The minimum atomic E-state index is -3.77. The number of nitrogens with zero attached hydrogens (tertiary/aromatic N) is 1. The van der Waals surface area contributed by atoms with E-state index < -0.39 is 22.2 Å². The molecule has 21 heavy (non-hydrogen) atoms. The summed E-state index contributed by atoms with van der Waals surface area (Å²) in [6.45, 7) is 2.27. The second kappa shape index (κ2) is 6.55. The van der Waals surface area contributed by atoms with E-state index in [2.05, 4.69) is 4.72 Å². The molecule has 1 aromatic carbocycles. The maximum Gasteiger partial charge on any atom is 0.322 e. The highest BCUT2D eigenvalue weighted by Crippen LogP contribution is 2.20. The molecule has 1 unspecified atom stereocenters. The Labute approximate surface area is 125 Å².